The van der Waals surface area contributed by atoms with Crippen molar-refractivity contribution in [1.29, 1.82) is 0 Å². The molecule has 0 saturated carbocycles. The van der Waals surface area contributed by atoms with Gasteiger partial charge in [0, 0.05) is 13.9 Å². The highest BCUT2D eigenvalue weighted by Gasteiger charge is 2.11. The first-order chi connectivity index (χ1) is 9.19. The fraction of sp³-hybridized carbons (Fsp3) is 0.250. The fourth-order valence-corrected chi connectivity index (χ4v) is 3.13. The molecule has 19 heavy (non-hydrogen) atoms. The molecular weight excluding hydrogens is 434 g/mol. The Morgan fingerprint density at radius 3 is 2.32 bits per heavy atom. The van der Waals surface area contributed by atoms with Gasteiger partial charge in [-0.25, -0.2) is 0 Å². The predicted octanol–water partition coefficient (Wildman–Crippen LogP) is 5.69. The maximum atomic E-state index is 6.13. The summed E-state index contributed by atoms with van der Waals surface area (Å²) in [7, 11) is 0. The van der Waals surface area contributed by atoms with Crippen LogP contribution in [0.1, 0.15) is 11.1 Å². The van der Waals surface area contributed by atoms with Gasteiger partial charge in [-0.1, -0.05) is 46.3 Å². The van der Waals surface area contributed by atoms with Gasteiger partial charge in [0.05, 0.1) is 0 Å². The summed E-state index contributed by atoms with van der Waals surface area (Å²) in [5.41, 5.74) is 2.69. The van der Waals surface area contributed by atoms with Crippen LogP contribution in [-0.2, 0) is 12.8 Å². The Morgan fingerprint density at radius 1 is 1.00 bits per heavy atom. The molecule has 0 fully saturated rings. The second-order valence-electron chi connectivity index (χ2n) is 4.65. The summed E-state index contributed by atoms with van der Waals surface area (Å²) < 4.78 is 2.45. The third-order valence-electron chi connectivity index (χ3n) is 3.12. The van der Waals surface area contributed by atoms with Crippen LogP contribution < -0.4 is 0 Å². The fourth-order valence-electron chi connectivity index (χ4n) is 2.11. The van der Waals surface area contributed by atoms with E-state index in [1.807, 2.05) is 6.07 Å². The number of benzene rings is 2. The van der Waals surface area contributed by atoms with Crippen LogP contribution in [0.3, 0.4) is 0 Å². The minimum absolute atomic E-state index is 0.473. The minimum atomic E-state index is 0.473. The molecule has 2 aromatic carbocycles. The van der Waals surface area contributed by atoms with Crippen LogP contribution in [0, 0.1) is 9.49 Å². The van der Waals surface area contributed by atoms with Crippen LogP contribution in [0.4, 0.5) is 0 Å². The van der Waals surface area contributed by atoms with E-state index in [0.717, 1.165) is 12.8 Å². The summed E-state index contributed by atoms with van der Waals surface area (Å²) >= 11 is 12.1. The Labute approximate surface area is 141 Å². The molecule has 0 aliphatic rings. The van der Waals surface area contributed by atoms with E-state index in [0.29, 0.717) is 11.8 Å². The lowest BCUT2D eigenvalue weighted by molar-refractivity contribution is 0.583. The molecule has 0 N–H and O–H groups in total. The quantitative estimate of drug-likeness (QED) is 0.406. The molecule has 0 saturated heterocycles. The molecule has 0 aliphatic heterocycles. The molecule has 2 rings (SSSR count). The Hall–Kier alpha value is -0.0600. The monoisotopic (exact) mass is 448 g/mol. The molecule has 1 atom stereocenters. The van der Waals surface area contributed by atoms with Gasteiger partial charge in [0.25, 0.3) is 0 Å². The molecule has 0 heterocycles. The van der Waals surface area contributed by atoms with Crippen molar-refractivity contribution in [2.45, 2.75) is 12.8 Å². The lowest BCUT2D eigenvalue weighted by Crippen LogP contribution is -2.10. The Kier molecular flexibility index (Phi) is 6.17. The number of rotatable bonds is 5. The molecule has 3 heteroatoms. The molecule has 1 unspecified atom stereocenters. The topological polar surface area (TPSA) is 0 Å². The van der Waals surface area contributed by atoms with Gasteiger partial charge >= 0.3 is 0 Å². The average Bonchev–Trinajstić information content (AvgIpc) is 2.43. The highest BCUT2D eigenvalue weighted by Crippen LogP contribution is 2.22. The van der Waals surface area contributed by atoms with E-state index < -0.39 is 0 Å². The molecule has 0 aliphatic carbocycles. The highest BCUT2D eigenvalue weighted by molar-refractivity contribution is 14.1. The van der Waals surface area contributed by atoms with Gasteiger partial charge in [-0.15, -0.1) is 11.6 Å². The Morgan fingerprint density at radius 2 is 1.68 bits per heavy atom. The molecule has 2 aromatic rings. The van der Waals surface area contributed by atoms with Crippen molar-refractivity contribution in [2.24, 2.45) is 5.92 Å². The first kappa shape index (κ1) is 15.3. The van der Waals surface area contributed by atoms with Crippen molar-refractivity contribution in [2.75, 3.05) is 5.88 Å². The van der Waals surface area contributed by atoms with Crippen molar-refractivity contribution in [3.05, 3.63) is 67.7 Å². The lowest BCUT2D eigenvalue weighted by atomic mass is 9.94. The predicted molar refractivity (Wildman–Crippen MR) is 94.9 cm³/mol. The third kappa shape index (κ3) is 4.76. The van der Waals surface area contributed by atoms with Crippen molar-refractivity contribution in [1.82, 2.24) is 0 Å². The SMILES string of the molecule is ClCC(Cc1ccc(I)cc1)Cc1ccccc1Br. The van der Waals surface area contributed by atoms with Crippen LogP contribution in [0.2, 0.25) is 0 Å². The van der Waals surface area contributed by atoms with Crippen molar-refractivity contribution in [3.8, 4) is 0 Å². The van der Waals surface area contributed by atoms with E-state index >= 15 is 0 Å². The minimum Gasteiger partial charge on any atom is -0.126 e. The van der Waals surface area contributed by atoms with Crippen molar-refractivity contribution >= 4 is 50.1 Å². The van der Waals surface area contributed by atoms with E-state index in [9.17, 15) is 0 Å². The van der Waals surface area contributed by atoms with Gasteiger partial charge in [0.2, 0.25) is 0 Å². The Bertz CT molecular complexity index is 525. The molecule has 0 radical (unpaired) electrons. The second kappa shape index (κ2) is 7.65. The molecule has 0 amide bonds. The summed E-state index contributed by atoms with van der Waals surface area (Å²) in [5.74, 6) is 1.16. The normalized spacial score (nSPS) is 12.4. The van der Waals surface area contributed by atoms with Gasteiger partial charge in [-0.2, -0.15) is 0 Å². The maximum absolute atomic E-state index is 6.13. The first-order valence-corrected chi connectivity index (χ1v) is 8.63. The largest absolute Gasteiger partial charge is 0.126 e. The molecule has 0 aromatic heterocycles. The molecular formula is C16H15BrClI. The zero-order valence-electron chi connectivity index (χ0n) is 10.5. The van der Waals surface area contributed by atoms with E-state index in [4.69, 9.17) is 11.6 Å². The second-order valence-corrected chi connectivity index (χ2v) is 7.06. The smallest absolute Gasteiger partial charge is 0.0258 e. The van der Waals surface area contributed by atoms with Crippen LogP contribution in [0.5, 0.6) is 0 Å². The van der Waals surface area contributed by atoms with Crippen LogP contribution in [-0.4, -0.2) is 5.88 Å². The summed E-state index contributed by atoms with van der Waals surface area (Å²) in [6, 6.07) is 17.1. The zero-order valence-corrected chi connectivity index (χ0v) is 15.0. The van der Waals surface area contributed by atoms with E-state index in [-0.39, 0.29) is 0 Å². The van der Waals surface area contributed by atoms with Gasteiger partial charge in [0.1, 0.15) is 0 Å². The highest BCUT2D eigenvalue weighted by atomic mass is 127. The standard InChI is InChI=1S/C16H15BrClI/c17-16-4-2-1-3-14(16)10-13(11-18)9-12-5-7-15(19)8-6-12/h1-8,13H,9-11H2. The van der Waals surface area contributed by atoms with Crippen molar-refractivity contribution in [3.63, 3.8) is 0 Å². The van der Waals surface area contributed by atoms with Gasteiger partial charge in [-0.05, 0) is 70.7 Å². The molecule has 0 nitrogen and oxygen atoms in total. The first-order valence-electron chi connectivity index (χ1n) is 6.23. The molecule has 100 valence electrons. The number of alkyl halides is 1. The summed E-state index contributed by atoms with van der Waals surface area (Å²) in [6.07, 6.45) is 2.04. The van der Waals surface area contributed by atoms with E-state index in [1.54, 1.807) is 0 Å². The van der Waals surface area contributed by atoms with E-state index in [2.05, 4.69) is 81.0 Å². The number of hydrogen-bond acceptors (Lipinski definition) is 0. The average molecular weight is 450 g/mol. The van der Waals surface area contributed by atoms with Gasteiger partial charge < -0.3 is 0 Å². The van der Waals surface area contributed by atoms with Gasteiger partial charge in [0.15, 0.2) is 0 Å². The van der Waals surface area contributed by atoms with E-state index in [1.165, 1.54) is 19.2 Å². The van der Waals surface area contributed by atoms with Crippen LogP contribution in [0.15, 0.2) is 53.0 Å². The molecule has 0 spiro atoms. The lowest BCUT2D eigenvalue weighted by Gasteiger charge is -2.15. The number of halogens is 3. The zero-order chi connectivity index (χ0) is 13.7. The molecule has 0 bridgehead atoms. The third-order valence-corrected chi connectivity index (χ3v) is 5.05. The maximum Gasteiger partial charge on any atom is 0.0258 e. The van der Waals surface area contributed by atoms with Gasteiger partial charge in [-0.3, -0.25) is 0 Å². The summed E-state index contributed by atoms with van der Waals surface area (Å²) in [6.45, 7) is 0. The summed E-state index contributed by atoms with van der Waals surface area (Å²) in [5, 5.41) is 0. The number of hydrogen-bond donors (Lipinski definition) is 0. The van der Waals surface area contributed by atoms with Crippen LogP contribution >= 0.6 is 50.1 Å². The Balaban J connectivity index is 2.05. The summed E-state index contributed by atoms with van der Waals surface area (Å²) in [4.78, 5) is 0. The van der Waals surface area contributed by atoms with Crippen LogP contribution in [0.25, 0.3) is 0 Å². The van der Waals surface area contributed by atoms with Crippen molar-refractivity contribution < 1.29 is 0 Å².